The van der Waals surface area contributed by atoms with E-state index in [0.29, 0.717) is 6.61 Å². The van der Waals surface area contributed by atoms with Crippen LogP contribution in [0.1, 0.15) is 29.7 Å². The molecule has 0 fully saturated rings. The molecule has 2 rings (SSSR count). The highest BCUT2D eigenvalue weighted by Crippen LogP contribution is 2.20. The van der Waals surface area contributed by atoms with Gasteiger partial charge in [-0.05, 0) is 25.5 Å². The molecule has 0 aliphatic carbocycles. The fourth-order valence-electron chi connectivity index (χ4n) is 1.73. The van der Waals surface area contributed by atoms with Crippen molar-refractivity contribution in [1.82, 2.24) is 9.97 Å². The van der Waals surface area contributed by atoms with E-state index >= 15 is 0 Å². The van der Waals surface area contributed by atoms with E-state index in [4.69, 9.17) is 10.5 Å². The number of nitrogens with two attached hydrogens (primary N) is 1. The first-order valence-electron chi connectivity index (χ1n) is 6.42. The monoisotopic (exact) mass is 277 g/mol. The van der Waals surface area contributed by atoms with Gasteiger partial charge in [-0.2, -0.15) is 0 Å². The molecule has 0 saturated heterocycles. The number of ether oxygens (including phenoxy) is 1. The van der Waals surface area contributed by atoms with Gasteiger partial charge in [-0.15, -0.1) is 11.3 Å². The summed E-state index contributed by atoms with van der Waals surface area (Å²) in [7, 11) is 0. The van der Waals surface area contributed by atoms with E-state index < -0.39 is 0 Å². The normalized spacial score (nSPS) is 12.4. The second-order valence-corrected chi connectivity index (χ2v) is 5.46. The minimum absolute atomic E-state index is 0.122. The van der Waals surface area contributed by atoms with Gasteiger partial charge in [0.05, 0.1) is 5.69 Å². The third kappa shape index (κ3) is 4.01. The van der Waals surface area contributed by atoms with Crippen LogP contribution in [-0.2, 0) is 13.0 Å². The summed E-state index contributed by atoms with van der Waals surface area (Å²) < 4.78 is 5.81. The quantitative estimate of drug-likeness (QED) is 0.882. The lowest BCUT2D eigenvalue weighted by Crippen LogP contribution is -2.22. The smallest absolute Gasteiger partial charge is 0.141 e. The van der Waals surface area contributed by atoms with E-state index in [-0.39, 0.29) is 6.04 Å². The Morgan fingerprint density at radius 1 is 1.42 bits per heavy atom. The first-order valence-corrected chi connectivity index (χ1v) is 7.30. The third-order valence-electron chi connectivity index (χ3n) is 2.89. The Kier molecular flexibility index (Phi) is 4.87. The molecule has 0 bridgehead atoms. The number of nitrogens with zero attached hydrogens (tertiary/aromatic N) is 2. The molecule has 0 saturated carbocycles. The zero-order valence-corrected chi connectivity index (χ0v) is 12.1. The molecule has 0 amide bonds. The maximum absolute atomic E-state index is 6.01. The Balaban J connectivity index is 2.09. The zero-order valence-electron chi connectivity index (χ0n) is 11.3. The number of hydrogen-bond donors (Lipinski definition) is 1. The van der Waals surface area contributed by atoms with Gasteiger partial charge in [0.15, 0.2) is 0 Å². The van der Waals surface area contributed by atoms with Gasteiger partial charge in [0.1, 0.15) is 17.4 Å². The maximum Gasteiger partial charge on any atom is 0.141 e. The van der Waals surface area contributed by atoms with Crippen molar-refractivity contribution in [2.75, 3.05) is 0 Å². The molecular formula is C14H19N3OS. The van der Waals surface area contributed by atoms with Crippen molar-refractivity contribution in [2.24, 2.45) is 5.73 Å². The molecule has 2 heterocycles. The first kappa shape index (κ1) is 14.0. The molecular weight excluding hydrogens is 258 g/mol. The van der Waals surface area contributed by atoms with Crippen molar-refractivity contribution in [3.63, 3.8) is 0 Å². The Morgan fingerprint density at radius 2 is 2.26 bits per heavy atom. The second-order valence-electron chi connectivity index (χ2n) is 4.48. The average Bonchev–Trinajstić information content (AvgIpc) is 2.91. The highest BCUT2D eigenvalue weighted by atomic mass is 32.1. The van der Waals surface area contributed by atoms with E-state index in [1.165, 1.54) is 0 Å². The highest BCUT2D eigenvalue weighted by molar-refractivity contribution is 7.09. The van der Waals surface area contributed by atoms with Crippen molar-refractivity contribution in [3.8, 4) is 5.75 Å². The molecule has 2 N–H and O–H groups in total. The van der Waals surface area contributed by atoms with Crippen molar-refractivity contribution < 1.29 is 4.74 Å². The van der Waals surface area contributed by atoms with Gasteiger partial charge in [-0.1, -0.05) is 6.92 Å². The zero-order chi connectivity index (χ0) is 13.7. The van der Waals surface area contributed by atoms with E-state index in [1.807, 2.05) is 24.4 Å². The van der Waals surface area contributed by atoms with Crippen LogP contribution >= 0.6 is 11.3 Å². The second kappa shape index (κ2) is 6.63. The lowest BCUT2D eigenvalue weighted by Gasteiger charge is -2.13. The molecule has 5 heteroatoms. The predicted octanol–water partition coefficient (Wildman–Crippen LogP) is 2.71. The number of pyridine rings is 1. The molecule has 102 valence electrons. The van der Waals surface area contributed by atoms with Crippen LogP contribution in [0.4, 0.5) is 0 Å². The summed E-state index contributed by atoms with van der Waals surface area (Å²) in [5.74, 6) is 0.810. The van der Waals surface area contributed by atoms with Crippen molar-refractivity contribution in [3.05, 3.63) is 40.1 Å². The number of rotatable bonds is 6. The summed E-state index contributed by atoms with van der Waals surface area (Å²) in [6.07, 6.45) is 3.46. The molecule has 2 aromatic rings. The van der Waals surface area contributed by atoms with E-state index in [1.54, 1.807) is 17.5 Å². The number of hydrogen-bond acceptors (Lipinski definition) is 5. The molecule has 0 aliphatic rings. The van der Waals surface area contributed by atoms with E-state index in [0.717, 1.165) is 35.0 Å². The lowest BCUT2D eigenvalue weighted by molar-refractivity contribution is 0.299. The van der Waals surface area contributed by atoms with Crippen LogP contribution in [0.15, 0.2) is 23.7 Å². The van der Waals surface area contributed by atoms with Crippen molar-refractivity contribution >= 4 is 11.3 Å². The summed E-state index contributed by atoms with van der Waals surface area (Å²) in [5.41, 5.74) is 7.93. The minimum Gasteiger partial charge on any atom is -0.485 e. The van der Waals surface area contributed by atoms with Gasteiger partial charge in [0.2, 0.25) is 0 Å². The molecule has 1 unspecified atom stereocenters. The van der Waals surface area contributed by atoms with Crippen LogP contribution in [-0.4, -0.2) is 16.0 Å². The minimum atomic E-state index is 0.122. The van der Waals surface area contributed by atoms with Crippen LogP contribution < -0.4 is 10.5 Å². The van der Waals surface area contributed by atoms with Gasteiger partial charge in [-0.25, -0.2) is 4.98 Å². The molecule has 2 aromatic heterocycles. The van der Waals surface area contributed by atoms with E-state index in [2.05, 4.69) is 16.9 Å². The molecule has 0 aromatic carbocycles. The van der Waals surface area contributed by atoms with Gasteiger partial charge in [-0.3, -0.25) is 4.98 Å². The summed E-state index contributed by atoms with van der Waals surface area (Å²) in [6, 6.07) is 4.04. The lowest BCUT2D eigenvalue weighted by atomic mass is 10.1. The molecule has 0 aliphatic heterocycles. The fraction of sp³-hybridized carbons (Fsp3) is 0.429. The predicted molar refractivity (Wildman–Crippen MR) is 77.4 cm³/mol. The van der Waals surface area contributed by atoms with Crippen molar-refractivity contribution in [2.45, 2.75) is 39.3 Å². The van der Waals surface area contributed by atoms with Gasteiger partial charge in [0, 0.05) is 29.7 Å². The molecule has 19 heavy (non-hydrogen) atoms. The van der Waals surface area contributed by atoms with Crippen LogP contribution in [0.25, 0.3) is 0 Å². The van der Waals surface area contributed by atoms with Crippen LogP contribution in [0, 0.1) is 6.92 Å². The maximum atomic E-state index is 6.01. The Labute approximate surface area is 117 Å². The Hall–Kier alpha value is -1.46. The van der Waals surface area contributed by atoms with E-state index in [9.17, 15) is 0 Å². The SMILES string of the molecule is CCC(N)Cc1nc(C)ccc1OCc1nccs1. The summed E-state index contributed by atoms with van der Waals surface area (Å²) >= 11 is 1.59. The van der Waals surface area contributed by atoms with Crippen LogP contribution in [0.5, 0.6) is 5.75 Å². The molecule has 1 atom stereocenters. The topological polar surface area (TPSA) is 61.0 Å². The largest absolute Gasteiger partial charge is 0.485 e. The Bertz CT molecular complexity index is 513. The molecule has 0 radical (unpaired) electrons. The van der Waals surface area contributed by atoms with Crippen molar-refractivity contribution in [1.29, 1.82) is 0 Å². The third-order valence-corrected chi connectivity index (χ3v) is 3.64. The first-order chi connectivity index (χ1) is 9.19. The Morgan fingerprint density at radius 3 is 2.95 bits per heavy atom. The summed E-state index contributed by atoms with van der Waals surface area (Å²) in [5, 5.41) is 2.91. The van der Waals surface area contributed by atoms with Gasteiger partial charge in [0.25, 0.3) is 0 Å². The van der Waals surface area contributed by atoms with Gasteiger partial charge >= 0.3 is 0 Å². The number of thiazole rings is 1. The average molecular weight is 277 g/mol. The molecule has 0 spiro atoms. The van der Waals surface area contributed by atoms with Gasteiger partial charge < -0.3 is 10.5 Å². The summed E-state index contributed by atoms with van der Waals surface area (Å²) in [4.78, 5) is 8.74. The standard InChI is InChI=1S/C14H19N3OS/c1-3-11(15)8-12-13(5-4-10(2)17-12)18-9-14-16-6-7-19-14/h4-7,11H,3,8-9,15H2,1-2H3. The van der Waals surface area contributed by atoms with Crippen LogP contribution in [0.3, 0.4) is 0 Å². The summed E-state index contributed by atoms with van der Waals surface area (Å²) in [6.45, 7) is 4.54. The van der Waals surface area contributed by atoms with Crippen LogP contribution in [0.2, 0.25) is 0 Å². The number of aromatic nitrogens is 2. The molecule has 4 nitrogen and oxygen atoms in total. The number of aryl methyl sites for hydroxylation is 1. The fourth-order valence-corrected chi connectivity index (χ4v) is 2.26. The highest BCUT2D eigenvalue weighted by Gasteiger charge is 2.10.